The van der Waals surface area contributed by atoms with Crippen LogP contribution >= 0.6 is 0 Å². The van der Waals surface area contributed by atoms with E-state index in [0.29, 0.717) is 11.8 Å². The van der Waals surface area contributed by atoms with E-state index in [-0.39, 0.29) is 0 Å². The van der Waals surface area contributed by atoms with Gasteiger partial charge in [0.15, 0.2) is 0 Å². The van der Waals surface area contributed by atoms with Crippen molar-refractivity contribution >= 4 is 11.3 Å². The lowest BCUT2D eigenvalue weighted by atomic mass is 9.95. The number of imidazole rings is 1. The summed E-state index contributed by atoms with van der Waals surface area (Å²) in [5, 5.41) is 0. The third kappa shape index (κ3) is 2.57. The maximum absolute atomic E-state index is 4.92. The smallest absolute Gasteiger partial charge is 0.109 e. The van der Waals surface area contributed by atoms with E-state index in [1.165, 1.54) is 61.6 Å². The molecule has 0 saturated carbocycles. The summed E-state index contributed by atoms with van der Waals surface area (Å²) in [4.78, 5) is 13.1. The van der Waals surface area contributed by atoms with Crippen molar-refractivity contribution in [1.29, 1.82) is 0 Å². The summed E-state index contributed by atoms with van der Waals surface area (Å²) in [7, 11) is 0. The van der Waals surface area contributed by atoms with Crippen molar-refractivity contribution in [2.45, 2.75) is 52.9 Å². The number of hydrogen-bond acceptors (Lipinski definition) is 2. The van der Waals surface area contributed by atoms with Crippen molar-refractivity contribution in [3.05, 3.63) is 70.3 Å². The minimum atomic E-state index is 0.432. The second-order valence-corrected chi connectivity index (χ2v) is 9.60. The Morgan fingerprint density at radius 1 is 0.800 bits per heavy atom. The largest absolute Gasteiger partial charge is 0.345 e. The number of nitrogens with one attached hydrogen (secondary N) is 1. The monoisotopic (exact) mass is 393 g/mol. The Balaban J connectivity index is 1.33. The average Bonchev–Trinajstić information content (AvgIpc) is 3.47. The Kier molecular flexibility index (Phi) is 3.74. The van der Waals surface area contributed by atoms with E-state index in [0.717, 1.165) is 25.1 Å². The highest BCUT2D eigenvalue weighted by atomic mass is 14.9. The van der Waals surface area contributed by atoms with Gasteiger partial charge >= 0.3 is 0 Å². The maximum Gasteiger partial charge on any atom is 0.109 e. The van der Waals surface area contributed by atoms with E-state index >= 15 is 0 Å². The van der Waals surface area contributed by atoms with Crippen molar-refractivity contribution in [3.63, 3.8) is 0 Å². The van der Waals surface area contributed by atoms with Gasteiger partial charge in [0.1, 0.15) is 5.82 Å². The molecule has 0 atom stereocenters. The Labute approximate surface area is 178 Å². The van der Waals surface area contributed by atoms with Gasteiger partial charge in [-0.1, -0.05) is 45.9 Å². The molecule has 2 aromatic carbocycles. The first-order valence-corrected chi connectivity index (χ1v) is 11.1. The lowest BCUT2D eigenvalue weighted by molar-refractivity contribution is 0.789. The van der Waals surface area contributed by atoms with Crippen molar-refractivity contribution < 1.29 is 0 Å². The number of allylic oxidation sites excluding steroid dienone is 1. The number of nitrogens with zero attached hydrogens (tertiary/aromatic N) is 2. The molecule has 0 radical (unpaired) electrons. The van der Waals surface area contributed by atoms with Crippen molar-refractivity contribution in [3.8, 4) is 22.4 Å². The molecule has 6 rings (SSSR count). The van der Waals surface area contributed by atoms with E-state index in [1.807, 2.05) is 0 Å². The fourth-order valence-corrected chi connectivity index (χ4v) is 5.08. The molecule has 0 spiro atoms. The van der Waals surface area contributed by atoms with Gasteiger partial charge in [0.05, 0.1) is 5.69 Å². The van der Waals surface area contributed by atoms with Gasteiger partial charge < -0.3 is 4.98 Å². The Hall–Kier alpha value is -2.94. The van der Waals surface area contributed by atoms with Crippen LogP contribution in [0.2, 0.25) is 0 Å². The zero-order valence-electron chi connectivity index (χ0n) is 18.1. The van der Waals surface area contributed by atoms with Crippen LogP contribution < -0.4 is 0 Å². The number of hydrogen-bond donors (Lipinski definition) is 1. The third-order valence-corrected chi connectivity index (χ3v) is 6.87. The van der Waals surface area contributed by atoms with E-state index in [1.54, 1.807) is 0 Å². The summed E-state index contributed by atoms with van der Waals surface area (Å²) in [6.45, 7) is 8.84. The molecule has 30 heavy (non-hydrogen) atoms. The quantitative estimate of drug-likeness (QED) is 0.372. The second-order valence-electron chi connectivity index (χ2n) is 9.60. The fraction of sp³-hybridized carbons (Fsp3) is 0.333. The first-order valence-electron chi connectivity index (χ1n) is 11.1. The van der Waals surface area contributed by atoms with Crippen LogP contribution in [-0.4, -0.2) is 15.7 Å². The molecule has 1 aliphatic heterocycles. The van der Waals surface area contributed by atoms with Crippen LogP contribution in [0.1, 0.15) is 73.8 Å². The van der Waals surface area contributed by atoms with Crippen LogP contribution in [-0.2, 0) is 12.8 Å². The summed E-state index contributed by atoms with van der Waals surface area (Å²) in [5.74, 6) is 2.05. The Morgan fingerprint density at radius 3 is 2.33 bits per heavy atom. The van der Waals surface area contributed by atoms with Gasteiger partial charge in [-0.2, -0.15) is 0 Å². The van der Waals surface area contributed by atoms with Crippen LogP contribution in [0.25, 0.3) is 28.0 Å². The Morgan fingerprint density at radius 2 is 1.57 bits per heavy atom. The molecular formula is C27H27N3. The van der Waals surface area contributed by atoms with Crippen molar-refractivity contribution in [1.82, 2.24) is 9.97 Å². The third-order valence-electron chi connectivity index (χ3n) is 6.87. The summed E-state index contributed by atoms with van der Waals surface area (Å²) in [6.07, 6.45) is 5.03. The molecular weight excluding hydrogens is 366 g/mol. The highest BCUT2D eigenvalue weighted by Gasteiger charge is 2.28. The van der Waals surface area contributed by atoms with E-state index < -0.39 is 0 Å². The zero-order valence-corrected chi connectivity index (χ0v) is 18.1. The van der Waals surface area contributed by atoms with Gasteiger partial charge in [0, 0.05) is 41.9 Å². The van der Waals surface area contributed by atoms with Gasteiger partial charge in [-0.15, -0.1) is 0 Å². The van der Waals surface area contributed by atoms with Crippen LogP contribution in [0.5, 0.6) is 0 Å². The molecule has 0 unspecified atom stereocenters. The molecule has 0 bridgehead atoms. The number of aromatic nitrogens is 2. The summed E-state index contributed by atoms with van der Waals surface area (Å²) in [5.41, 5.74) is 14.8. The average molecular weight is 394 g/mol. The standard InChI is InChI=1S/C27H27N3/c1-14(2)24-12-20(13-28-24)16-5-6-21-17(7-16)8-18-10-23-19(9-22(18)21)11-25-26(23)30-27(29-25)15(3)4/h5-7,9-10,13-15H,8,11-12H2,1-4H3,(H,29,30). The SMILES string of the molecule is CC(C)C1=NC=C(c2ccc3c(c2)Cc2cc4c(cc2-3)Cc2[nH]c(C(C)C)nc2-4)C1. The molecule has 150 valence electrons. The molecule has 3 heteroatoms. The number of benzene rings is 2. The minimum Gasteiger partial charge on any atom is -0.345 e. The van der Waals surface area contributed by atoms with Gasteiger partial charge in [0.25, 0.3) is 0 Å². The number of H-pyrrole nitrogens is 1. The zero-order chi connectivity index (χ0) is 20.6. The molecule has 1 aromatic heterocycles. The molecule has 2 heterocycles. The molecule has 1 N–H and O–H groups in total. The first kappa shape index (κ1) is 17.9. The highest BCUT2D eigenvalue weighted by molar-refractivity contribution is 5.99. The highest BCUT2D eigenvalue weighted by Crippen LogP contribution is 2.45. The van der Waals surface area contributed by atoms with E-state index in [2.05, 4.69) is 74.2 Å². The predicted molar refractivity (Wildman–Crippen MR) is 124 cm³/mol. The molecule has 0 amide bonds. The fourth-order valence-electron chi connectivity index (χ4n) is 5.08. The Bertz CT molecular complexity index is 1270. The summed E-state index contributed by atoms with van der Waals surface area (Å²) < 4.78 is 0. The molecule has 0 fully saturated rings. The normalized spacial score (nSPS) is 15.9. The predicted octanol–water partition coefficient (Wildman–Crippen LogP) is 6.52. The van der Waals surface area contributed by atoms with Gasteiger partial charge in [-0.05, 0) is 63.4 Å². The number of fused-ring (bicyclic) bond motifs is 6. The number of aliphatic imine (C=N–C) groups is 1. The van der Waals surface area contributed by atoms with Crippen LogP contribution in [0, 0.1) is 5.92 Å². The lowest BCUT2D eigenvalue weighted by Gasteiger charge is -2.09. The van der Waals surface area contributed by atoms with E-state index in [4.69, 9.17) is 4.98 Å². The molecule has 3 aromatic rings. The maximum atomic E-state index is 4.92. The first-order chi connectivity index (χ1) is 14.5. The summed E-state index contributed by atoms with van der Waals surface area (Å²) in [6, 6.07) is 11.8. The van der Waals surface area contributed by atoms with Gasteiger partial charge in [-0.25, -0.2) is 4.98 Å². The van der Waals surface area contributed by atoms with Crippen LogP contribution in [0.3, 0.4) is 0 Å². The lowest BCUT2D eigenvalue weighted by Crippen LogP contribution is -2.04. The van der Waals surface area contributed by atoms with Crippen molar-refractivity contribution in [2.24, 2.45) is 10.9 Å². The number of aromatic amines is 1. The molecule has 3 nitrogen and oxygen atoms in total. The molecule has 3 aliphatic rings. The van der Waals surface area contributed by atoms with Gasteiger partial charge in [-0.3, -0.25) is 4.99 Å². The number of rotatable bonds is 3. The second kappa shape index (κ2) is 6.28. The van der Waals surface area contributed by atoms with E-state index in [9.17, 15) is 0 Å². The topological polar surface area (TPSA) is 41.0 Å². The minimum absolute atomic E-state index is 0.432. The van der Waals surface area contributed by atoms with Crippen LogP contribution in [0.4, 0.5) is 0 Å². The summed E-state index contributed by atoms with van der Waals surface area (Å²) >= 11 is 0. The van der Waals surface area contributed by atoms with Crippen LogP contribution in [0.15, 0.2) is 41.5 Å². The van der Waals surface area contributed by atoms with Gasteiger partial charge in [0.2, 0.25) is 0 Å². The molecule has 0 saturated heterocycles. The van der Waals surface area contributed by atoms with Crippen molar-refractivity contribution in [2.75, 3.05) is 0 Å². The molecule has 2 aliphatic carbocycles.